The van der Waals surface area contributed by atoms with Crippen molar-refractivity contribution in [1.29, 1.82) is 0 Å². The van der Waals surface area contributed by atoms with Gasteiger partial charge in [-0.25, -0.2) is 0 Å². The van der Waals surface area contributed by atoms with Crippen molar-refractivity contribution in [2.45, 2.75) is 58.2 Å². The number of aromatic nitrogens is 2. The molecule has 1 aliphatic rings. The normalized spacial score (nSPS) is 18.4. The molecular formula is C17H30F3IN6O. The first-order valence-electron chi connectivity index (χ1n) is 9.43. The van der Waals surface area contributed by atoms with E-state index < -0.39 is 12.7 Å². The number of nitrogens with zero attached hydrogens (tertiary/aromatic N) is 4. The molecule has 162 valence electrons. The predicted molar refractivity (Wildman–Crippen MR) is 112 cm³/mol. The highest BCUT2D eigenvalue weighted by molar-refractivity contribution is 14.0. The lowest BCUT2D eigenvalue weighted by Crippen LogP contribution is -2.45. The zero-order chi connectivity index (χ0) is 19.9. The van der Waals surface area contributed by atoms with E-state index in [1.165, 1.54) is 4.90 Å². The molecule has 1 aliphatic heterocycles. The third-order valence-corrected chi connectivity index (χ3v) is 4.18. The van der Waals surface area contributed by atoms with Gasteiger partial charge in [-0.2, -0.15) is 18.2 Å². The van der Waals surface area contributed by atoms with Gasteiger partial charge in [-0.15, -0.1) is 24.0 Å². The van der Waals surface area contributed by atoms with Crippen LogP contribution in [-0.4, -0.2) is 65.9 Å². The summed E-state index contributed by atoms with van der Waals surface area (Å²) in [6, 6.07) is -0.0327. The molecule has 1 unspecified atom stereocenters. The second kappa shape index (κ2) is 11.8. The lowest BCUT2D eigenvalue weighted by atomic mass is 10.2. The second-order valence-corrected chi connectivity index (χ2v) is 7.05. The molecule has 2 heterocycles. The van der Waals surface area contributed by atoms with Crippen LogP contribution in [0.25, 0.3) is 0 Å². The Morgan fingerprint density at radius 3 is 2.75 bits per heavy atom. The first-order valence-corrected chi connectivity index (χ1v) is 9.43. The van der Waals surface area contributed by atoms with E-state index in [-0.39, 0.29) is 35.9 Å². The van der Waals surface area contributed by atoms with Crippen molar-refractivity contribution in [3.05, 3.63) is 11.7 Å². The highest BCUT2D eigenvalue weighted by Gasteiger charge is 2.34. The maximum Gasteiger partial charge on any atom is 0.401 e. The van der Waals surface area contributed by atoms with Crippen LogP contribution in [-0.2, 0) is 6.42 Å². The Morgan fingerprint density at radius 1 is 1.39 bits per heavy atom. The Bertz CT molecular complexity index is 608. The molecule has 0 spiro atoms. The summed E-state index contributed by atoms with van der Waals surface area (Å²) in [5.41, 5.74) is 0. The maximum absolute atomic E-state index is 12.5. The Hall–Kier alpha value is -1.11. The van der Waals surface area contributed by atoms with Gasteiger partial charge in [0.2, 0.25) is 5.89 Å². The van der Waals surface area contributed by atoms with Crippen LogP contribution in [0.1, 0.15) is 51.2 Å². The van der Waals surface area contributed by atoms with Crippen LogP contribution in [0.3, 0.4) is 0 Å². The van der Waals surface area contributed by atoms with Crippen LogP contribution in [0, 0.1) is 0 Å². The summed E-state index contributed by atoms with van der Waals surface area (Å²) in [5.74, 6) is 2.16. The van der Waals surface area contributed by atoms with E-state index in [4.69, 9.17) is 4.52 Å². The molecule has 2 N–H and O–H groups in total. The van der Waals surface area contributed by atoms with E-state index in [2.05, 4.69) is 25.8 Å². The van der Waals surface area contributed by atoms with Crippen molar-refractivity contribution < 1.29 is 17.7 Å². The number of hydrogen-bond acceptors (Lipinski definition) is 5. The summed E-state index contributed by atoms with van der Waals surface area (Å²) < 4.78 is 42.7. The number of rotatable bonds is 8. The molecule has 1 atom stereocenters. The van der Waals surface area contributed by atoms with Gasteiger partial charge in [0, 0.05) is 44.6 Å². The van der Waals surface area contributed by atoms with Crippen molar-refractivity contribution in [1.82, 2.24) is 25.7 Å². The first-order chi connectivity index (χ1) is 12.8. The average Bonchev–Trinajstić information content (AvgIpc) is 3.19. The van der Waals surface area contributed by atoms with Gasteiger partial charge in [-0.05, 0) is 19.8 Å². The Balaban J connectivity index is 0.00000392. The van der Waals surface area contributed by atoms with Crippen LogP contribution in [0.4, 0.5) is 13.2 Å². The number of halogens is 4. The molecule has 11 heteroatoms. The van der Waals surface area contributed by atoms with Crippen LogP contribution in [0.15, 0.2) is 9.52 Å². The van der Waals surface area contributed by atoms with Gasteiger partial charge in [-0.3, -0.25) is 9.89 Å². The molecule has 1 aromatic heterocycles. The van der Waals surface area contributed by atoms with Gasteiger partial charge >= 0.3 is 6.18 Å². The molecule has 28 heavy (non-hydrogen) atoms. The summed E-state index contributed by atoms with van der Waals surface area (Å²) in [5, 5.41) is 10.3. The SMILES string of the molecule is CCNC(=NCCCc1nc(C(C)C)no1)NC1CCN(CC(F)(F)F)C1.I. The molecule has 0 aromatic carbocycles. The minimum absolute atomic E-state index is 0. The van der Waals surface area contributed by atoms with E-state index in [1.54, 1.807) is 0 Å². The largest absolute Gasteiger partial charge is 0.401 e. The van der Waals surface area contributed by atoms with Crippen LogP contribution in [0.2, 0.25) is 0 Å². The van der Waals surface area contributed by atoms with Gasteiger partial charge in [0.05, 0.1) is 6.54 Å². The topological polar surface area (TPSA) is 78.6 Å². The van der Waals surface area contributed by atoms with E-state index in [1.807, 2.05) is 20.8 Å². The highest BCUT2D eigenvalue weighted by atomic mass is 127. The number of aryl methyl sites for hydroxylation is 1. The predicted octanol–water partition coefficient (Wildman–Crippen LogP) is 2.94. The Labute approximate surface area is 180 Å². The zero-order valence-corrected chi connectivity index (χ0v) is 18.9. The zero-order valence-electron chi connectivity index (χ0n) is 16.6. The fourth-order valence-corrected chi connectivity index (χ4v) is 2.89. The van der Waals surface area contributed by atoms with Crippen molar-refractivity contribution in [2.75, 3.05) is 32.7 Å². The molecule has 1 fully saturated rings. The number of guanidine groups is 1. The molecule has 0 bridgehead atoms. The number of likely N-dealkylation sites (tertiary alicyclic amines) is 1. The number of alkyl halides is 3. The maximum atomic E-state index is 12.5. The number of nitrogens with one attached hydrogen (secondary N) is 2. The summed E-state index contributed by atoms with van der Waals surface area (Å²) in [6.45, 7) is 7.16. The van der Waals surface area contributed by atoms with Gasteiger partial charge in [0.1, 0.15) is 0 Å². The molecule has 1 saturated heterocycles. The lowest BCUT2D eigenvalue weighted by molar-refractivity contribution is -0.143. The van der Waals surface area contributed by atoms with E-state index in [0.717, 1.165) is 6.42 Å². The van der Waals surface area contributed by atoms with Crippen LogP contribution >= 0.6 is 24.0 Å². The Morgan fingerprint density at radius 2 is 2.14 bits per heavy atom. The van der Waals surface area contributed by atoms with Gasteiger partial charge < -0.3 is 15.2 Å². The molecule has 0 radical (unpaired) electrons. The smallest absolute Gasteiger partial charge is 0.357 e. The third kappa shape index (κ3) is 8.93. The van der Waals surface area contributed by atoms with Crippen molar-refractivity contribution in [3.63, 3.8) is 0 Å². The molecule has 7 nitrogen and oxygen atoms in total. The molecule has 0 aliphatic carbocycles. The third-order valence-electron chi connectivity index (χ3n) is 4.18. The van der Waals surface area contributed by atoms with Gasteiger partial charge in [-0.1, -0.05) is 19.0 Å². The van der Waals surface area contributed by atoms with E-state index in [9.17, 15) is 13.2 Å². The number of aliphatic imine (C=N–C) groups is 1. The highest BCUT2D eigenvalue weighted by Crippen LogP contribution is 2.19. The monoisotopic (exact) mass is 518 g/mol. The van der Waals surface area contributed by atoms with Crippen molar-refractivity contribution >= 4 is 29.9 Å². The molecule has 0 amide bonds. The standard InChI is InChI=1S/C17H29F3N6O.HI/c1-4-21-16(23-13-7-9-26(10-13)11-17(18,19)20)22-8-5-6-14-24-15(12(2)3)25-27-14;/h12-13H,4-11H2,1-3H3,(H2,21,22,23);1H. The molecule has 0 saturated carbocycles. The van der Waals surface area contributed by atoms with Crippen LogP contribution < -0.4 is 10.6 Å². The fourth-order valence-electron chi connectivity index (χ4n) is 2.89. The molecular weight excluding hydrogens is 488 g/mol. The summed E-state index contributed by atoms with van der Waals surface area (Å²) in [4.78, 5) is 10.2. The van der Waals surface area contributed by atoms with Crippen LogP contribution in [0.5, 0.6) is 0 Å². The minimum Gasteiger partial charge on any atom is -0.357 e. The van der Waals surface area contributed by atoms with Crippen molar-refractivity contribution in [2.24, 2.45) is 4.99 Å². The Kier molecular flexibility index (Phi) is 10.5. The molecule has 2 rings (SSSR count). The minimum atomic E-state index is -4.16. The second-order valence-electron chi connectivity index (χ2n) is 7.05. The van der Waals surface area contributed by atoms with Gasteiger partial charge in [0.25, 0.3) is 0 Å². The first kappa shape index (κ1) is 24.9. The lowest BCUT2D eigenvalue weighted by Gasteiger charge is -2.19. The summed E-state index contributed by atoms with van der Waals surface area (Å²) in [7, 11) is 0. The average molecular weight is 518 g/mol. The summed E-state index contributed by atoms with van der Waals surface area (Å²) >= 11 is 0. The van der Waals surface area contributed by atoms with Crippen molar-refractivity contribution in [3.8, 4) is 0 Å². The number of hydrogen-bond donors (Lipinski definition) is 2. The summed E-state index contributed by atoms with van der Waals surface area (Å²) in [6.07, 6.45) is -2.09. The van der Waals surface area contributed by atoms with E-state index >= 15 is 0 Å². The van der Waals surface area contributed by atoms with E-state index in [0.29, 0.717) is 56.7 Å². The quantitative estimate of drug-likeness (QED) is 0.239. The fraction of sp³-hybridized carbons (Fsp3) is 0.824. The van der Waals surface area contributed by atoms with Gasteiger partial charge in [0.15, 0.2) is 11.8 Å². The molecule has 1 aromatic rings.